The number of carbonyl (C=O) groups excluding carboxylic acids is 1. The van der Waals surface area contributed by atoms with Gasteiger partial charge in [0.05, 0.1) is 15.5 Å². The first-order valence-electron chi connectivity index (χ1n) is 12.0. The van der Waals surface area contributed by atoms with Crippen LogP contribution in [0.5, 0.6) is 0 Å². The van der Waals surface area contributed by atoms with Crippen LogP contribution in [-0.4, -0.2) is 32.3 Å². The Bertz CT molecular complexity index is 1390. The summed E-state index contributed by atoms with van der Waals surface area (Å²) < 4.78 is 66.7. The van der Waals surface area contributed by atoms with Crippen LogP contribution in [0.2, 0.25) is 5.02 Å². The maximum atomic E-state index is 13.1. The third kappa shape index (κ3) is 7.06. The van der Waals surface area contributed by atoms with Crippen molar-refractivity contribution in [2.45, 2.75) is 37.4 Å². The largest absolute Gasteiger partial charge is 0.417 e. The molecule has 3 aromatic rings. The molecule has 38 heavy (non-hydrogen) atoms. The number of amides is 1. The molecule has 1 saturated heterocycles. The molecule has 0 saturated carbocycles. The number of nitrogens with one attached hydrogen (secondary N) is 2. The summed E-state index contributed by atoms with van der Waals surface area (Å²) in [6.07, 6.45) is -2.35. The van der Waals surface area contributed by atoms with Crippen molar-refractivity contribution in [2.75, 3.05) is 23.1 Å². The number of alkyl halides is 3. The van der Waals surface area contributed by atoms with Gasteiger partial charge in [0.2, 0.25) is 0 Å². The maximum Gasteiger partial charge on any atom is 0.417 e. The molecule has 0 unspecified atom stereocenters. The van der Waals surface area contributed by atoms with Crippen molar-refractivity contribution < 1.29 is 26.4 Å². The standard InChI is InChI=1S/C27H27ClF3N3O3S/c1-18-12-14-34(15-13-18)17-19-2-4-20(5-3-19)26(35)32-21-6-9-23(10-7-21)38(36,37)33-22-8-11-25(28)24(16-22)27(29,30)31/h2-11,16,18,33H,12-15,17H2,1H3,(H,32,35). The van der Waals surface area contributed by atoms with Gasteiger partial charge in [0.1, 0.15) is 0 Å². The van der Waals surface area contributed by atoms with E-state index in [1.807, 2.05) is 12.1 Å². The van der Waals surface area contributed by atoms with E-state index in [1.165, 1.54) is 37.1 Å². The fourth-order valence-electron chi connectivity index (χ4n) is 4.18. The van der Waals surface area contributed by atoms with Crippen LogP contribution in [0.25, 0.3) is 0 Å². The third-order valence-corrected chi connectivity index (χ3v) is 8.17. The van der Waals surface area contributed by atoms with E-state index in [1.54, 1.807) is 12.1 Å². The molecule has 1 aliphatic rings. The number of rotatable bonds is 7. The van der Waals surface area contributed by atoms with Gasteiger partial charge in [0.25, 0.3) is 15.9 Å². The Morgan fingerprint density at radius 1 is 0.974 bits per heavy atom. The second-order valence-corrected chi connectivity index (χ2v) is 11.5. The van der Waals surface area contributed by atoms with E-state index in [-0.39, 0.29) is 16.5 Å². The summed E-state index contributed by atoms with van der Waals surface area (Å²) in [5.41, 5.74) is 0.527. The first kappa shape index (κ1) is 27.9. The van der Waals surface area contributed by atoms with Crippen LogP contribution in [0, 0.1) is 5.92 Å². The summed E-state index contributed by atoms with van der Waals surface area (Å²) in [6, 6.07) is 15.4. The van der Waals surface area contributed by atoms with Crippen molar-refractivity contribution in [2.24, 2.45) is 5.92 Å². The molecule has 202 valence electrons. The van der Waals surface area contributed by atoms with Crippen molar-refractivity contribution in [1.82, 2.24) is 4.90 Å². The SMILES string of the molecule is CC1CCN(Cc2ccc(C(=O)Nc3ccc(S(=O)(=O)Nc4ccc(Cl)c(C(F)(F)F)c4)cc3)cc2)CC1. The molecule has 0 spiro atoms. The van der Waals surface area contributed by atoms with Crippen LogP contribution in [0.4, 0.5) is 24.5 Å². The molecule has 4 rings (SSSR count). The Labute approximate surface area is 224 Å². The Morgan fingerprint density at radius 3 is 2.18 bits per heavy atom. The number of carbonyl (C=O) groups is 1. The van der Waals surface area contributed by atoms with Crippen molar-refractivity contribution >= 4 is 38.9 Å². The minimum atomic E-state index is -4.73. The van der Waals surface area contributed by atoms with Crippen molar-refractivity contribution in [3.05, 3.63) is 88.4 Å². The summed E-state index contributed by atoms with van der Waals surface area (Å²) in [5.74, 6) is 0.413. The molecule has 0 atom stereocenters. The van der Waals surface area contributed by atoms with Crippen LogP contribution in [-0.2, 0) is 22.7 Å². The molecule has 11 heteroatoms. The van der Waals surface area contributed by atoms with Crippen LogP contribution in [0.1, 0.15) is 41.3 Å². The summed E-state index contributed by atoms with van der Waals surface area (Å²) in [6.45, 7) is 5.25. The molecule has 6 nitrogen and oxygen atoms in total. The lowest BCUT2D eigenvalue weighted by atomic mass is 9.99. The van der Waals surface area contributed by atoms with Crippen LogP contribution in [0.15, 0.2) is 71.6 Å². The number of piperidine rings is 1. The number of halogens is 4. The predicted octanol–water partition coefficient (Wildman–Crippen LogP) is 6.64. The number of anilines is 2. The number of hydrogen-bond acceptors (Lipinski definition) is 4. The summed E-state index contributed by atoms with van der Waals surface area (Å²) in [7, 11) is -4.18. The zero-order valence-corrected chi connectivity index (χ0v) is 22.1. The lowest BCUT2D eigenvalue weighted by Crippen LogP contribution is -2.32. The van der Waals surface area contributed by atoms with Gasteiger partial charge in [-0.1, -0.05) is 30.7 Å². The van der Waals surface area contributed by atoms with E-state index < -0.39 is 26.8 Å². The molecule has 0 aromatic heterocycles. The van der Waals surface area contributed by atoms with Gasteiger partial charge in [-0.2, -0.15) is 13.2 Å². The topological polar surface area (TPSA) is 78.5 Å². The molecule has 1 amide bonds. The Hall–Kier alpha value is -3.08. The monoisotopic (exact) mass is 565 g/mol. The van der Waals surface area contributed by atoms with E-state index in [4.69, 9.17) is 11.6 Å². The van der Waals surface area contributed by atoms with Gasteiger partial charge < -0.3 is 5.32 Å². The third-order valence-electron chi connectivity index (χ3n) is 6.45. The highest BCUT2D eigenvalue weighted by Gasteiger charge is 2.33. The van der Waals surface area contributed by atoms with Gasteiger partial charge in [-0.05, 0) is 92.0 Å². The summed E-state index contributed by atoms with van der Waals surface area (Å²) in [4.78, 5) is 14.9. The first-order chi connectivity index (χ1) is 17.9. The van der Waals surface area contributed by atoms with Gasteiger partial charge in [0, 0.05) is 23.5 Å². The Balaban J connectivity index is 1.37. The van der Waals surface area contributed by atoms with Crippen molar-refractivity contribution in [3.63, 3.8) is 0 Å². The van der Waals surface area contributed by atoms with E-state index in [0.29, 0.717) is 17.3 Å². The van der Waals surface area contributed by atoms with Crippen molar-refractivity contribution in [3.8, 4) is 0 Å². The highest BCUT2D eigenvalue weighted by molar-refractivity contribution is 7.92. The molecular weight excluding hydrogens is 539 g/mol. The lowest BCUT2D eigenvalue weighted by Gasteiger charge is -2.30. The average molecular weight is 566 g/mol. The molecule has 0 aliphatic carbocycles. The minimum Gasteiger partial charge on any atom is -0.322 e. The zero-order valence-electron chi connectivity index (χ0n) is 20.6. The fraction of sp³-hybridized carbons (Fsp3) is 0.296. The number of benzene rings is 3. The van der Waals surface area contributed by atoms with E-state index in [0.717, 1.165) is 43.2 Å². The number of nitrogens with zero attached hydrogens (tertiary/aromatic N) is 1. The number of hydrogen-bond donors (Lipinski definition) is 2. The molecule has 1 fully saturated rings. The summed E-state index contributed by atoms with van der Waals surface area (Å²) in [5, 5.41) is 2.18. The molecule has 0 bridgehead atoms. The molecule has 3 aromatic carbocycles. The Morgan fingerprint density at radius 2 is 1.58 bits per heavy atom. The average Bonchev–Trinajstić information content (AvgIpc) is 2.86. The van der Waals surface area contributed by atoms with Crippen molar-refractivity contribution in [1.29, 1.82) is 0 Å². The van der Waals surface area contributed by atoms with Gasteiger partial charge in [-0.25, -0.2) is 8.42 Å². The number of sulfonamides is 1. The molecule has 2 N–H and O–H groups in total. The minimum absolute atomic E-state index is 0.185. The molecule has 1 aliphatic heterocycles. The Kier molecular flexibility index (Phi) is 8.34. The highest BCUT2D eigenvalue weighted by atomic mass is 35.5. The summed E-state index contributed by atoms with van der Waals surface area (Å²) >= 11 is 5.59. The lowest BCUT2D eigenvalue weighted by molar-refractivity contribution is -0.137. The number of likely N-dealkylation sites (tertiary alicyclic amines) is 1. The first-order valence-corrected chi connectivity index (χ1v) is 13.9. The zero-order chi connectivity index (χ0) is 27.5. The van der Waals surface area contributed by atoms with Gasteiger partial charge in [0.15, 0.2) is 0 Å². The maximum absolute atomic E-state index is 13.1. The van der Waals surface area contributed by atoms with E-state index in [9.17, 15) is 26.4 Å². The van der Waals surface area contributed by atoms with Crippen LogP contribution in [0.3, 0.4) is 0 Å². The fourth-order valence-corrected chi connectivity index (χ4v) is 5.45. The molecule has 1 heterocycles. The van der Waals surface area contributed by atoms with Crippen LogP contribution >= 0.6 is 11.6 Å². The van der Waals surface area contributed by atoms with E-state index in [2.05, 4.69) is 21.9 Å². The smallest absolute Gasteiger partial charge is 0.322 e. The van der Waals surface area contributed by atoms with Crippen LogP contribution < -0.4 is 10.0 Å². The highest BCUT2D eigenvalue weighted by Crippen LogP contribution is 2.36. The predicted molar refractivity (Wildman–Crippen MR) is 142 cm³/mol. The molecular formula is C27H27ClF3N3O3S. The second-order valence-electron chi connectivity index (χ2n) is 9.43. The quantitative estimate of drug-likeness (QED) is 0.336. The second kappa shape index (κ2) is 11.3. The normalized spacial score (nSPS) is 15.3. The van der Waals surface area contributed by atoms with Gasteiger partial charge in [-0.15, -0.1) is 0 Å². The van der Waals surface area contributed by atoms with E-state index >= 15 is 0 Å². The van der Waals surface area contributed by atoms with Gasteiger partial charge in [-0.3, -0.25) is 14.4 Å². The van der Waals surface area contributed by atoms with Gasteiger partial charge >= 0.3 is 6.18 Å². The molecule has 0 radical (unpaired) electrons.